The summed E-state index contributed by atoms with van der Waals surface area (Å²) in [4.78, 5) is 40.4. The van der Waals surface area contributed by atoms with E-state index in [-0.39, 0.29) is 64.1 Å². The first-order chi connectivity index (χ1) is 22.7. The number of benzene rings is 1. The Labute approximate surface area is 285 Å². The van der Waals surface area contributed by atoms with Crippen molar-refractivity contribution in [2.45, 2.75) is 43.8 Å². The molecule has 1 aromatic carbocycles. The average molecular weight is 742 g/mol. The van der Waals surface area contributed by atoms with Crippen molar-refractivity contribution in [2.24, 2.45) is 0 Å². The highest BCUT2D eigenvalue weighted by Gasteiger charge is 2.45. The summed E-state index contributed by atoms with van der Waals surface area (Å²) in [5.74, 6) is -0.586. The third kappa shape index (κ3) is 8.89. The van der Waals surface area contributed by atoms with Crippen LogP contribution in [0.2, 0.25) is 10.2 Å². The van der Waals surface area contributed by atoms with Crippen LogP contribution in [0.15, 0.2) is 18.2 Å². The minimum absolute atomic E-state index is 0.0317. The molecule has 0 aliphatic carbocycles. The molecule has 20 heteroatoms. The molecule has 14 nitrogen and oxygen atoms in total. The maximum absolute atomic E-state index is 13.5. The zero-order valence-corrected chi connectivity index (χ0v) is 28.3. The third-order valence-electron chi connectivity index (χ3n) is 8.13. The first-order valence-corrected chi connectivity index (χ1v) is 17.4. The highest BCUT2D eigenvalue weighted by Crippen LogP contribution is 2.31. The molecular formula is C28H37Cl2F3N8O6S. The Balaban J connectivity index is 1.35. The minimum Gasteiger partial charge on any atom is -0.491 e. The number of hydrogen-bond acceptors (Lipinski definition) is 11. The summed E-state index contributed by atoms with van der Waals surface area (Å²) in [7, 11) is -5.53. The number of carbonyl (C=O) groups is 2. The number of likely N-dealkylation sites (tertiary alicyclic amines) is 1. The van der Waals surface area contributed by atoms with Crippen molar-refractivity contribution in [1.29, 1.82) is 0 Å². The number of carbonyl (C=O) groups excluding carboxylic acids is 2. The SMILES string of the molecule is CC[C@H]1CN(c2nc(N)c(C(=O)NCCO)nc2Cl)CCN1C1CCN(C(=O)c2ccc(Cl)cc2OCCNS(=O)(=O)C(F)(F)F)CC1. The zero-order valence-electron chi connectivity index (χ0n) is 26.0. The number of alkyl halides is 3. The molecule has 3 heterocycles. The summed E-state index contributed by atoms with van der Waals surface area (Å²) >= 11 is 12.5. The van der Waals surface area contributed by atoms with E-state index in [1.165, 1.54) is 22.9 Å². The van der Waals surface area contributed by atoms with Gasteiger partial charge in [-0.1, -0.05) is 30.1 Å². The fourth-order valence-corrected chi connectivity index (χ4v) is 6.65. The molecule has 5 N–H and O–H groups in total. The summed E-state index contributed by atoms with van der Waals surface area (Å²) in [5, 5.41) is 11.7. The molecule has 2 saturated heterocycles. The quantitative estimate of drug-likeness (QED) is 0.234. The normalized spacial score (nSPS) is 18.2. The van der Waals surface area contributed by atoms with Gasteiger partial charge in [-0.2, -0.15) is 13.2 Å². The lowest BCUT2D eigenvalue weighted by molar-refractivity contribution is -0.0448. The lowest BCUT2D eigenvalue weighted by atomic mass is 9.97. The van der Waals surface area contributed by atoms with Gasteiger partial charge in [-0.3, -0.25) is 14.5 Å². The van der Waals surface area contributed by atoms with Gasteiger partial charge < -0.3 is 30.7 Å². The van der Waals surface area contributed by atoms with E-state index in [9.17, 15) is 31.2 Å². The Hall–Kier alpha value is -3.16. The van der Waals surface area contributed by atoms with Crippen LogP contribution in [0.3, 0.4) is 0 Å². The maximum Gasteiger partial charge on any atom is 0.511 e. The maximum atomic E-state index is 13.5. The van der Waals surface area contributed by atoms with E-state index in [2.05, 4.69) is 27.1 Å². The Morgan fingerprint density at radius 2 is 1.83 bits per heavy atom. The van der Waals surface area contributed by atoms with E-state index in [0.717, 1.165) is 6.42 Å². The summed E-state index contributed by atoms with van der Waals surface area (Å²) in [5.41, 5.74) is 0.626. The number of piperidine rings is 1. The summed E-state index contributed by atoms with van der Waals surface area (Å²) < 4.78 is 67.1. The van der Waals surface area contributed by atoms with Crippen LogP contribution in [-0.2, 0) is 10.0 Å². The predicted octanol–water partition coefficient (Wildman–Crippen LogP) is 2.11. The number of nitrogens with two attached hydrogens (primary N) is 1. The largest absolute Gasteiger partial charge is 0.511 e. The van der Waals surface area contributed by atoms with Crippen molar-refractivity contribution >= 4 is 56.7 Å². The first-order valence-electron chi connectivity index (χ1n) is 15.2. The second kappa shape index (κ2) is 16.0. The number of aliphatic hydroxyl groups excluding tert-OH is 1. The Kier molecular flexibility index (Phi) is 12.6. The van der Waals surface area contributed by atoms with Crippen LogP contribution in [-0.4, -0.2) is 122 Å². The number of nitrogens with zero attached hydrogens (tertiary/aromatic N) is 5. The van der Waals surface area contributed by atoms with Crippen molar-refractivity contribution in [3.05, 3.63) is 39.6 Å². The molecule has 2 aliphatic heterocycles. The van der Waals surface area contributed by atoms with Crippen LogP contribution < -0.4 is 25.4 Å². The molecule has 1 aromatic heterocycles. The molecule has 0 unspecified atom stereocenters. The van der Waals surface area contributed by atoms with E-state index < -0.39 is 34.6 Å². The van der Waals surface area contributed by atoms with Crippen LogP contribution in [0.4, 0.5) is 24.8 Å². The number of piperazine rings is 1. The van der Waals surface area contributed by atoms with Gasteiger partial charge in [-0.05, 0) is 37.5 Å². The van der Waals surface area contributed by atoms with Crippen LogP contribution in [0.5, 0.6) is 5.75 Å². The minimum atomic E-state index is -5.53. The van der Waals surface area contributed by atoms with Crippen molar-refractivity contribution in [3.63, 3.8) is 0 Å². The number of ether oxygens (including phenoxy) is 1. The smallest absolute Gasteiger partial charge is 0.491 e. The highest BCUT2D eigenvalue weighted by atomic mass is 35.5. The number of amides is 2. The van der Waals surface area contributed by atoms with Gasteiger partial charge in [0.2, 0.25) is 0 Å². The van der Waals surface area contributed by atoms with Crippen molar-refractivity contribution < 1.29 is 41.0 Å². The van der Waals surface area contributed by atoms with E-state index in [1.54, 1.807) is 4.90 Å². The number of rotatable bonds is 12. The Bertz CT molecular complexity index is 1580. The first kappa shape index (κ1) is 37.7. The molecule has 2 fully saturated rings. The average Bonchev–Trinajstić information content (AvgIpc) is 3.05. The fraction of sp³-hybridized carbons (Fsp3) is 0.571. The number of hydrogen-bond donors (Lipinski definition) is 4. The van der Waals surface area contributed by atoms with Gasteiger partial charge in [0.05, 0.1) is 12.2 Å². The van der Waals surface area contributed by atoms with E-state index in [0.29, 0.717) is 51.4 Å². The summed E-state index contributed by atoms with van der Waals surface area (Å²) in [6, 6.07) is 4.63. The highest BCUT2D eigenvalue weighted by molar-refractivity contribution is 7.90. The monoisotopic (exact) mass is 740 g/mol. The van der Waals surface area contributed by atoms with Gasteiger partial charge in [-0.15, -0.1) is 0 Å². The number of aliphatic hydroxyl groups is 1. The predicted molar refractivity (Wildman–Crippen MR) is 173 cm³/mol. The number of halogens is 5. The van der Waals surface area contributed by atoms with Crippen LogP contribution in [0, 0.1) is 0 Å². The van der Waals surface area contributed by atoms with E-state index in [1.807, 2.05) is 4.90 Å². The zero-order chi connectivity index (χ0) is 35.2. The molecule has 0 radical (unpaired) electrons. The Morgan fingerprint density at radius 1 is 1.12 bits per heavy atom. The number of aromatic nitrogens is 2. The molecule has 4 rings (SSSR count). The molecule has 0 saturated carbocycles. The molecule has 266 valence electrons. The van der Waals surface area contributed by atoms with Gasteiger partial charge in [0.25, 0.3) is 11.8 Å². The number of nitrogens with one attached hydrogen (secondary N) is 2. The summed E-state index contributed by atoms with van der Waals surface area (Å²) in [6.07, 6.45) is 2.20. The van der Waals surface area contributed by atoms with Gasteiger partial charge in [0.1, 0.15) is 12.4 Å². The van der Waals surface area contributed by atoms with E-state index >= 15 is 0 Å². The molecule has 2 amide bonds. The topological polar surface area (TPSA) is 183 Å². The molecule has 2 aliphatic rings. The van der Waals surface area contributed by atoms with E-state index in [4.69, 9.17) is 38.8 Å². The third-order valence-corrected chi connectivity index (χ3v) is 9.81. The lowest BCUT2D eigenvalue weighted by Crippen LogP contribution is -2.58. The number of nitrogen functional groups attached to an aromatic ring is 1. The van der Waals surface area contributed by atoms with Gasteiger partial charge in [0.15, 0.2) is 22.5 Å². The second-order valence-electron chi connectivity index (χ2n) is 11.2. The van der Waals surface area contributed by atoms with Crippen LogP contribution >= 0.6 is 23.2 Å². The number of sulfonamides is 1. The number of anilines is 2. The summed E-state index contributed by atoms with van der Waals surface area (Å²) in [6.45, 7) is 3.48. The van der Waals surface area contributed by atoms with Crippen LogP contribution in [0.25, 0.3) is 0 Å². The van der Waals surface area contributed by atoms with Gasteiger partial charge in [-0.25, -0.2) is 23.1 Å². The molecule has 0 spiro atoms. The van der Waals surface area contributed by atoms with Crippen molar-refractivity contribution in [1.82, 2.24) is 29.8 Å². The molecule has 1 atom stereocenters. The van der Waals surface area contributed by atoms with Crippen LogP contribution in [0.1, 0.15) is 47.0 Å². The molecular weight excluding hydrogens is 704 g/mol. The standard InChI is InChI=1S/C28H37Cl2F3N8O6S/c1-2-18-16-40(25-23(30)37-22(24(34)38-25)26(43)35-7-13-42)11-12-41(18)19-5-9-39(10-6-19)27(44)20-4-3-17(29)15-21(20)47-14-8-36-48(45,46)28(31,32)33/h3-4,15,18-19,36,42H,2,5-14,16H2,1H3,(H2,34,38)(H,35,43)/t18-/m0/s1. The second-order valence-corrected chi connectivity index (χ2v) is 13.7. The van der Waals surface area contributed by atoms with Crippen molar-refractivity contribution in [3.8, 4) is 5.75 Å². The molecule has 48 heavy (non-hydrogen) atoms. The fourth-order valence-electron chi connectivity index (χ4n) is 5.73. The molecule has 2 aromatic rings. The molecule has 0 bridgehead atoms. The van der Waals surface area contributed by atoms with Gasteiger partial charge in [0, 0.05) is 62.9 Å². The van der Waals surface area contributed by atoms with Crippen molar-refractivity contribution in [2.75, 3.05) is 69.7 Å². The van der Waals surface area contributed by atoms with Gasteiger partial charge >= 0.3 is 15.5 Å². The Morgan fingerprint density at radius 3 is 2.48 bits per heavy atom. The lowest BCUT2D eigenvalue weighted by Gasteiger charge is -2.47.